The minimum Gasteiger partial charge on any atom is -0.475 e. The van der Waals surface area contributed by atoms with Crippen molar-refractivity contribution in [3.05, 3.63) is 17.8 Å². The highest BCUT2D eigenvalue weighted by molar-refractivity contribution is 5.11. The maximum absolute atomic E-state index is 5.46. The third-order valence-corrected chi connectivity index (χ3v) is 2.22. The topological polar surface area (TPSA) is 50.3 Å². The Morgan fingerprint density at radius 3 is 2.71 bits per heavy atom. The van der Waals surface area contributed by atoms with Crippen molar-refractivity contribution >= 4 is 0 Å². The Kier molecular flexibility index (Phi) is 6.50. The molecule has 0 spiro atoms. The number of aromatic nitrogens is 2. The van der Waals surface area contributed by atoms with E-state index in [1.807, 2.05) is 26.2 Å². The maximum atomic E-state index is 5.46. The number of hydrogen-bond donors (Lipinski definition) is 1. The van der Waals surface area contributed by atoms with E-state index < -0.39 is 0 Å². The number of ether oxygens (including phenoxy) is 1. The van der Waals surface area contributed by atoms with E-state index in [0.717, 1.165) is 31.7 Å². The van der Waals surface area contributed by atoms with Crippen LogP contribution in [0.5, 0.6) is 5.88 Å². The van der Waals surface area contributed by atoms with E-state index in [9.17, 15) is 0 Å². The first-order valence-corrected chi connectivity index (χ1v) is 6.03. The molecule has 0 aliphatic rings. The second-order valence-corrected chi connectivity index (χ2v) is 4.19. The fourth-order valence-electron chi connectivity index (χ4n) is 1.24. The van der Waals surface area contributed by atoms with E-state index in [4.69, 9.17) is 4.74 Å². The summed E-state index contributed by atoms with van der Waals surface area (Å²) in [6.07, 6.45) is 1.12. The summed E-state index contributed by atoms with van der Waals surface area (Å²) in [5.74, 6) is 0.589. The van der Waals surface area contributed by atoms with Crippen LogP contribution < -0.4 is 10.1 Å². The zero-order valence-electron chi connectivity index (χ0n) is 10.9. The number of rotatable bonds is 8. The summed E-state index contributed by atoms with van der Waals surface area (Å²) in [6, 6.07) is 3.81. The molecule has 0 aromatic carbocycles. The summed E-state index contributed by atoms with van der Waals surface area (Å²) in [7, 11) is 4.02. The highest BCUT2D eigenvalue weighted by Gasteiger charge is 1.99. The van der Waals surface area contributed by atoms with Gasteiger partial charge in [-0.2, -0.15) is 5.10 Å². The van der Waals surface area contributed by atoms with Crippen molar-refractivity contribution in [2.45, 2.75) is 19.9 Å². The highest BCUT2D eigenvalue weighted by Crippen LogP contribution is 2.04. The fourth-order valence-corrected chi connectivity index (χ4v) is 1.24. The normalized spacial score (nSPS) is 10.8. The van der Waals surface area contributed by atoms with Gasteiger partial charge in [-0.1, -0.05) is 6.92 Å². The molecule has 0 aliphatic heterocycles. The molecule has 5 heteroatoms. The van der Waals surface area contributed by atoms with Crippen LogP contribution in [-0.2, 0) is 6.54 Å². The van der Waals surface area contributed by atoms with Crippen molar-refractivity contribution in [3.8, 4) is 5.88 Å². The van der Waals surface area contributed by atoms with Gasteiger partial charge in [-0.25, -0.2) is 0 Å². The van der Waals surface area contributed by atoms with Crippen LogP contribution in [0.25, 0.3) is 0 Å². The quantitative estimate of drug-likeness (QED) is 0.682. The number of hydrogen-bond acceptors (Lipinski definition) is 5. The lowest BCUT2D eigenvalue weighted by Crippen LogP contribution is -2.20. The van der Waals surface area contributed by atoms with Crippen LogP contribution in [0.4, 0.5) is 0 Å². The first-order chi connectivity index (χ1) is 8.22. The van der Waals surface area contributed by atoms with Gasteiger partial charge in [0.15, 0.2) is 0 Å². The second kappa shape index (κ2) is 7.97. The standard InChI is InChI=1S/C12H22N4O/c1-4-7-13-10-11-5-6-12(15-14-11)17-9-8-16(2)3/h5-6,13H,4,7-10H2,1-3H3. The van der Waals surface area contributed by atoms with Crippen LogP contribution in [-0.4, -0.2) is 48.9 Å². The van der Waals surface area contributed by atoms with Crippen molar-refractivity contribution < 1.29 is 4.74 Å². The first kappa shape index (κ1) is 13.9. The van der Waals surface area contributed by atoms with Crippen LogP contribution in [0.3, 0.4) is 0 Å². The van der Waals surface area contributed by atoms with E-state index in [-0.39, 0.29) is 0 Å². The van der Waals surface area contributed by atoms with E-state index in [2.05, 4.69) is 27.3 Å². The summed E-state index contributed by atoms with van der Waals surface area (Å²) in [6.45, 7) is 5.42. The van der Waals surface area contributed by atoms with Crippen molar-refractivity contribution in [2.24, 2.45) is 0 Å². The molecule has 1 aromatic rings. The minimum absolute atomic E-state index is 0.589. The molecular formula is C12H22N4O. The van der Waals surface area contributed by atoms with Gasteiger partial charge in [0, 0.05) is 19.2 Å². The zero-order chi connectivity index (χ0) is 12.5. The molecule has 0 bridgehead atoms. The van der Waals surface area contributed by atoms with Gasteiger partial charge in [0.2, 0.25) is 5.88 Å². The number of nitrogens with zero attached hydrogens (tertiary/aromatic N) is 3. The van der Waals surface area contributed by atoms with Gasteiger partial charge >= 0.3 is 0 Å². The molecule has 1 N–H and O–H groups in total. The third kappa shape index (κ3) is 6.19. The highest BCUT2D eigenvalue weighted by atomic mass is 16.5. The molecular weight excluding hydrogens is 216 g/mol. The molecule has 1 aromatic heterocycles. The summed E-state index contributed by atoms with van der Waals surface area (Å²) in [5.41, 5.74) is 0.943. The number of nitrogens with one attached hydrogen (secondary N) is 1. The predicted octanol–water partition coefficient (Wildman–Crippen LogP) is 0.917. The molecule has 1 rings (SSSR count). The second-order valence-electron chi connectivity index (χ2n) is 4.19. The number of likely N-dealkylation sites (N-methyl/N-ethyl adjacent to an activating group) is 1. The van der Waals surface area contributed by atoms with E-state index >= 15 is 0 Å². The maximum Gasteiger partial charge on any atom is 0.233 e. The van der Waals surface area contributed by atoms with Crippen molar-refractivity contribution in [2.75, 3.05) is 33.8 Å². The van der Waals surface area contributed by atoms with Crippen LogP contribution in [0.2, 0.25) is 0 Å². The summed E-state index contributed by atoms with van der Waals surface area (Å²) >= 11 is 0. The molecule has 0 unspecified atom stereocenters. The van der Waals surface area contributed by atoms with Crippen LogP contribution in [0.1, 0.15) is 19.0 Å². The van der Waals surface area contributed by atoms with E-state index in [1.54, 1.807) is 0 Å². The monoisotopic (exact) mass is 238 g/mol. The molecule has 0 radical (unpaired) electrons. The Balaban J connectivity index is 2.29. The van der Waals surface area contributed by atoms with Crippen LogP contribution in [0.15, 0.2) is 12.1 Å². The average Bonchev–Trinajstić information content (AvgIpc) is 2.31. The lowest BCUT2D eigenvalue weighted by Gasteiger charge is -2.10. The van der Waals surface area contributed by atoms with Crippen LogP contribution in [0, 0.1) is 0 Å². The molecule has 0 saturated heterocycles. The van der Waals surface area contributed by atoms with Crippen molar-refractivity contribution in [1.29, 1.82) is 0 Å². The Morgan fingerprint density at radius 1 is 1.29 bits per heavy atom. The lowest BCUT2D eigenvalue weighted by atomic mass is 10.3. The lowest BCUT2D eigenvalue weighted by molar-refractivity contribution is 0.251. The molecule has 5 nitrogen and oxygen atoms in total. The first-order valence-electron chi connectivity index (χ1n) is 6.03. The van der Waals surface area contributed by atoms with Gasteiger partial charge in [-0.3, -0.25) is 0 Å². The van der Waals surface area contributed by atoms with Crippen LogP contribution >= 0.6 is 0 Å². The Morgan fingerprint density at radius 2 is 2.12 bits per heavy atom. The summed E-state index contributed by atoms with van der Waals surface area (Å²) in [5, 5.41) is 11.4. The Labute approximate surface area is 103 Å². The third-order valence-electron chi connectivity index (χ3n) is 2.22. The molecule has 0 fully saturated rings. The largest absolute Gasteiger partial charge is 0.475 e. The van der Waals surface area contributed by atoms with Crippen molar-refractivity contribution in [1.82, 2.24) is 20.4 Å². The minimum atomic E-state index is 0.589. The molecule has 0 amide bonds. The van der Waals surface area contributed by atoms with Gasteiger partial charge in [0.1, 0.15) is 6.61 Å². The summed E-state index contributed by atoms with van der Waals surface area (Å²) < 4.78 is 5.46. The van der Waals surface area contributed by atoms with Gasteiger partial charge in [0.25, 0.3) is 0 Å². The molecule has 96 valence electrons. The molecule has 1 heterocycles. The van der Waals surface area contributed by atoms with Crippen molar-refractivity contribution in [3.63, 3.8) is 0 Å². The van der Waals surface area contributed by atoms with Gasteiger partial charge in [-0.15, -0.1) is 5.10 Å². The molecule has 0 atom stereocenters. The molecule has 0 aliphatic carbocycles. The molecule has 17 heavy (non-hydrogen) atoms. The average molecular weight is 238 g/mol. The van der Waals surface area contributed by atoms with E-state index in [1.165, 1.54) is 0 Å². The van der Waals surface area contributed by atoms with E-state index in [0.29, 0.717) is 12.5 Å². The fraction of sp³-hybridized carbons (Fsp3) is 0.667. The Bertz CT molecular complexity index is 300. The van der Waals surface area contributed by atoms with Gasteiger partial charge in [0.05, 0.1) is 5.69 Å². The van der Waals surface area contributed by atoms with Gasteiger partial charge < -0.3 is 15.0 Å². The Hall–Kier alpha value is -1.20. The summed E-state index contributed by atoms with van der Waals surface area (Å²) in [4.78, 5) is 2.07. The SMILES string of the molecule is CCCNCc1ccc(OCCN(C)C)nn1. The zero-order valence-corrected chi connectivity index (χ0v) is 10.9. The van der Waals surface area contributed by atoms with Gasteiger partial charge in [-0.05, 0) is 33.1 Å². The molecule has 0 saturated carbocycles. The smallest absolute Gasteiger partial charge is 0.233 e. The predicted molar refractivity (Wildman–Crippen MR) is 68.1 cm³/mol.